The molecule has 0 saturated carbocycles. The van der Waals surface area contributed by atoms with Crippen molar-refractivity contribution in [3.63, 3.8) is 0 Å². The summed E-state index contributed by atoms with van der Waals surface area (Å²) in [7, 11) is -3.36. The standard InChI is InChI=1S/C10H9FN2O2S3/c11-8-1-3-9(4-2-8)18(14,15)6-5-16-10-13-12-7-17-10/h1-4,7H,5-6H2. The summed E-state index contributed by atoms with van der Waals surface area (Å²) in [5.74, 6) is -0.0604. The van der Waals surface area contributed by atoms with Crippen LogP contribution in [0.3, 0.4) is 0 Å². The molecule has 0 fully saturated rings. The van der Waals surface area contributed by atoms with E-state index in [1.54, 1.807) is 5.51 Å². The third-order valence-corrected chi connectivity index (χ3v) is 5.94. The molecule has 0 radical (unpaired) electrons. The van der Waals surface area contributed by atoms with Crippen molar-refractivity contribution in [2.24, 2.45) is 0 Å². The Morgan fingerprint density at radius 1 is 1.28 bits per heavy atom. The molecule has 0 N–H and O–H groups in total. The predicted octanol–water partition coefficient (Wildman–Crippen LogP) is 2.24. The summed E-state index contributed by atoms with van der Waals surface area (Å²) in [5.41, 5.74) is 1.59. The lowest BCUT2D eigenvalue weighted by Gasteiger charge is -2.03. The Labute approximate surface area is 112 Å². The first-order valence-electron chi connectivity index (χ1n) is 4.95. The molecule has 0 bridgehead atoms. The minimum atomic E-state index is -3.36. The normalized spacial score (nSPS) is 11.6. The van der Waals surface area contributed by atoms with Gasteiger partial charge in [0.25, 0.3) is 0 Å². The van der Waals surface area contributed by atoms with Crippen LogP contribution in [0, 0.1) is 5.82 Å². The molecule has 0 unspecified atom stereocenters. The van der Waals surface area contributed by atoms with Gasteiger partial charge in [0, 0.05) is 5.75 Å². The van der Waals surface area contributed by atoms with Gasteiger partial charge >= 0.3 is 0 Å². The van der Waals surface area contributed by atoms with Crippen molar-refractivity contribution < 1.29 is 12.8 Å². The van der Waals surface area contributed by atoms with E-state index in [1.807, 2.05) is 0 Å². The van der Waals surface area contributed by atoms with E-state index in [1.165, 1.54) is 35.2 Å². The summed E-state index contributed by atoms with van der Waals surface area (Å²) in [6.07, 6.45) is 0. The number of aromatic nitrogens is 2. The number of hydrogen-bond donors (Lipinski definition) is 0. The summed E-state index contributed by atoms with van der Waals surface area (Å²) in [6.45, 7) is 0. The van der Waals surface area contributed by atoms with Gasteiger partial charge in [-0.15, -0.1) is 10.2 Å². The summed E-state index contributed by atoms with van der Waals surface area (Å²) in [4.78, 5) is 0.141. The Balaban J connectivity index is 1.97. The van der Waals surface area contributed by atoms with Gasteiger partial charge in [-0.2, -0.15) is 0 Å². The molecule has 4 nitrogen and oxygen atoms in total. The number of halogens is 1. The van der Waals surface area contributed by atoms with Crippen molar-refractivity contribution in [1.82, 2.24) is 10.2 Å². The summed E-state index contributed by atoms with van der Waals surface area (Å²) in [5, 5.41) is 7.47. The quantitative estimate of drug-likeness (QED) is 0.626. The molecule has 0 spiro atoms. The number of hydrogen-bond acceptors (Lipinski definition) is 6. The van der Waals surface area contributed by atoms with Crippen LogP contribution >= 0.6 is 23.1 Å². The first-order valence-corrected chi connectivity index (χ1v) is 8.47. The fourth-order valence-electron chi connectivity index (χ4n) is 1.22. The van der Waals surface area contributed by atoms with E-state index in [0.29, 0.717) is 5.75 Å². The van der Waals surface area contributed by atoms with Gasteiger partial charge in [-0.05, 0) is 24.3 Å². The lowest BCUT2D eigenvalue weighted by Crippen LogP contribution is -2.08. The molecular formula is C10H9FN2O2S3. The second-order valence-electron chi connectivity index (χ2n) is 3.33. The monoisotopic (exact) mass is 304 g/mol. The van der Waals surface area contributed by atoms with Crippen molar-refractivity contribution >= 4 is 32.9 Å². The highest BCUT2D eigenvalue weighted by molar-refractivity contribution is 8.02. The number of sulfone groups is 1. The second-order valence-corrected chi connectivity index (χ2v) is 7.61. The third kappa shape index (κ3) is 3.50. The first kappa shape index (κ1) is 13.4. The lowest BCUT2D eigenvalue weighted by atomic mass is 10.4. The number of nitrogens with zero attached hydrogens (tertiary/aromatic N) is 2. The lowest BCUT2D eigenvalue weighted by molar-refractivity contribution is 0.596. The minimum absolute atomic E-state index is 0.0110. The molecule has 1 heterocycles. The SMILES string of the molecule is O=S(=O)(CCSc1nncs1)c1ccc(F)cc1. The van der Waals surface area contributed by atoms with Crippen LogP contribution in [0.5, 0.6) is 0 Å². The van der Waals surface area contributed by atoms with Crippen molar-refractivity contribution in [2.75, 3.05) is 11.5 Å². The zero-order valence-electron chi connectivity index (χ0n) is 9.11. The molecule has 2 aromatic rings. The second kappa shape index (κ2) is 5.77. The number of benzene rings is 1. The fraction of sp³-hybridized carbons (Fsp3) is 0.200. The molecular weight excluding hydrogens is 295 g/mol. The first-order chi connectivity index (χ1) is 8.58. The van der Waals surface area contributed by atoms with E-state index in [4.69, 9.17) is 0 Å². The van der Waals surface area contributed by atoms with Gasteiger partial charge < -0.3 is 0 Å². The topological polar surface area (TPSA) is 59.9 Å². The Kier molecular flexibility index (Phi) is 4.31. The molecule has 18 heavy (non-hydrogen) atoms. The fourth-order valence-corrected chi connectivity index (χ4v) is 4.43. The van der Waals surface area contributed by atoms with Gasteiger partial charge in [0.05, 0.1) is 10.6 Å². The van der Waals surface area contributed by atoms with Crippen molar-refractivity contribution in [3.8, 4) is 0 Å². The molecule has 8 heteroatoms. The van der Waals surface area contributed by atoms with E-state index in [9.17, 15) is 12.8 Å². The van der Waals surface area contributed by atoms with E-state index < -0.39 is 15.7 Å². The molecule has 96 valence electrons. The van der Waals surface area contributed by atoms with Crippen LogP contribution in [0.2, 0.25) is 0 Å². The Morgan fingerprint density at radius 2 is 2.00 bits per heavy atom. The van der Waals surface area contributed by atoms with Crippen LogP contribution in [0.1, 0.15) is 0 Å². The van der Waals surface area contributed by atoms with E-state index in [-0.39, 0.29) is 10.6 Å². The summed E-state index contributed by atoms with van der Waals surface area (Å²) >= 11 is 2.71. The zero-order valence-corrected chi connectivity index (χ0v) is 11.6. The molecule has 1 aromatic heterocycles. The zero-order chi connectivity index (χ0) is 13.0. The van der Waals surface area contributed by atoms with Gasteiger partial charge in [-0.1, -0.05) is 23.1 Å². The van der Waals surface area contributed by atoms with Gasteiger partial charge in [-0.25, -0.2) is 12.8 Å². The Bertz CT molecular complexity index is 597. The van der Waals surface area contributed by atoms with Crippen LogP contribution < -0.4 is 0 Å². The van der Waals surface area contributed by atoms with E-state index in [0.717, 1.165) is 16.5 Å². The Hall–Kier alpha value is -0.990. The molecule has 0 atom stereocenters. The average Bonchev–Trinajstić information content (AvgIpc) is 2.82. The molecule has 0 aliphatic heterocycles. The highest BCUT2D eigenvalue weighted by Crippen LogP contribution is 2.20. The number of rotatable bonds is 5. The van der Waals surface area contributed by atoms with Gasteiger partial charge in [0.2, 0.25) is 0 Å². The summed E-state index contributed by atoms with van der Waals surface area (Å²) < 4.78 is 37.2. The predicted molar refractivity (Wildman–Crippen MR) is 69.1 cm³/mol. The van der Waals surface area contributed by atoms with Crippen LogP contribution in [0.4, 0.5) is 4.39 Å². The molecule has 0 aliphatic rings. The highest BCUT2D eigenvalue weighted by Gasteiger charge is 2.14. The maximum Gasteiger partial charge on any atom is 0.179 e. The molecule has 0 amide bonds. The van der Waals surface area contributed by atoms with Gasteiger partial charge in [0.1, 0.15) is 11.3 Å². The molecule has 0 saturated heterocycles. The van der Waals surface area contributed by atoms with Gasteiger partial charge in [0.15, 0.2) is 14.2 Å². The minimum Gasteiger partial charge on any atom is -0.224 e. The highest BCUT2D eigenvalue weighted by atomic mass is 32.2. The summed E-state index contributed by atoms with van der Waals surface area (Å²) in [6, 6.07) is 4.84. The maximum absolute atomic E-state index is 12.7. The van der Waals surface area contributed by atoms with Crippen LogP contribution in [-0.2, 0) is 9.84 Å². The average molecular weight is 304 g/mol. The largest absolute Gasteiger partial charge is 0.224 e. The maximum atomic E-state index is 12.7. The Morgan fingerprint density at radius 3 is 2.61 bits per heavy atom. The molecule has 1 aromatic carbocycles. The smallest absolute Gasteiger partial charge is 0.179 e. The molecule has 0 aliphatic carbocycles. The van der Waals surface area contributed by atoms with Gasteiger partial charge in [-0.3, -0.25) is 0 Å². The van der Waals surface area contributed by atoms with Crippen molar-refractivity contribution in [1.29, 1.82) is 0 Å². The van der Waals surface area contributed by atoms with Crippen LogP contribution in [0.15, 0.2) is 39.0 Å². The molecule has 2 rings (SSSR count). The third-order valence-electron chi connectivity index (χ3n) is 2.09. The van der Waals surface area contributed by atoms with E-state index >= 15 is 0 Å². The van der Waals surface area contributed by atoms with Crippen molar-refractivity contribution in [2.45, 2.75) is 9.24 Å². The van der Waals surface area contributed by atoms with E-state index in [2.05, 4.69) is 10.2 Å². The van der Waals surface area contributed by atoms with Crippen LogP contribution in [-0.4, -0.2) is 30.1 Å². The number of thioether (sulfide) groups is 1. The van der Waals surface area contributed by atoms with Crippen LogP contribution in [0.25, 0.3) is 0 Å². The van der Waals surface area contributed by atoms with Crippen molar-refractivity contribution in [3.05, 3.63) is 35.6 Å².